The number of methoxy groups -OCH3 is 1. The lowest BCUT2D eigenvalue weighted by molar-refractivity contribution is 0.0635. The van der Waals surface area contributed by atoms with Crippen LogP contribution in [-0.2, 0) is 15.1 Å². The average molecular weight is 332 g/mol. The number of amides is 1. The summed E-state index contributed by atoms with van der Waals surface area (Å²) in [5.74, 6) is 0.505. The number of hydrogen-bond acceptors (Lipinski definition) is 5. The van der Waals surface area contributed by atoms with E-state index in [1.54, 1.807) is 32.9 Å². The molecule has 1 aromatic carbocycles. The fourth-order valence-corrected chi connectivity index (χ4v) is 3.01. The quantitative estimate of drug-likeness (QED) is 0.664. The Labute approximate surface area is 142 Å². The van der Waals surface area contributed by atoms with Gasteiger partial charge in [-0.3, -0.25) is 5.32 Å². The minimum Gasteiger partial charge on any atom is -0.495 e. The van der Waals surface area contributed by atoms with E-state index in [0.29, 0.717) is 11.4 Å². The van der Waals surface area contributed by atoms with Gasteiger partial charge in [-0.05, 0) is 51.3 Å². The van der Waals surface area contributed by atoms with Gasteiger partial charge in [0.1, 0.15) is 11.4 Å². The van der Waals surface area contributed by atoms with Gasteiger partial charge in [-0.25, -0.2) is 9.59 Å². The summed E-state index contributed by atoms with van der Waals surface area (Å²) in [4.78, 5) is 26.9. The molecule has 2 rings (SSSR count). The highest BCUT2D eigenvalue weighted by Gasteiger charge is 2.36. The summed E-state index contributed by atoms with van der Waals surface area (Å²) in [5.41, 5.74) is 0.303. The minimum atomic E-state index is -0.580. The molecule has 0 aromatic heterocycles. The summed E-state index contributed by atoms with van der Waals surface area (Å²) in [6.07, 6.45) is 4.82. The van der Waals surface area contributed by atoms with Gasteiger partial charge >= 0.3 is 6.09 Å². The molecule has 0 heterocycles. The van der Waals surface area contributed by atoms with Crippen molar-refractivity contribution in [3.8, 4) is 5.75 Å². The molecule has 0 spiro atoms. The van der Waals surface area contributed by atoms with Crippen LogP contribution in [0.1, 0.15) is 52.0 Å². The molecule has 0 atom stereocenters. The molecule has 1 aromatic rings. The van der Waals surface area contributed by atoms with Gasteiger partial charge in [0.15, 0.2) is 0 Å². The Kier molecular flexibility index (Phi) is 5.30. The molecular formula is C18H24N2O4. The highest BCUT2D eigenvalue weighted by atomic mass is 16.6. The Hall–Kier alpha value is -2.33. The maximum Gasteiger partial charge on any atom is 0.412 e. The van der Waals surface area contributed by atoms with Crippen LogP contribution in [0.5, 0.6) is 5.75 Å². The summed E-state index contributed by atoms with van der Waals surface area (Å²) < 4.78 is 10.6. The van der Waals surface area contributed by atoms with Crippen LogP contribution in [0, 0.1) is 0 Å². The van der Waals surface area contributed by atoms with Gasteiger partial charge < -0.3 is 9.47 Å². The van der Waals surface area contributed by atoms with E-state index >= 15 is 0 Å². The molecule has 0 radical (unpaired) electrons. The molecule has 0 unspecified atom stereocenters. The Morgan fingerprint density at radius 1 is 1.29 bits per heavy atom. The number of rotatable bonds is 4. The molecule has 1 amide bonds. The molecule has 0 saturated heterocycles. The second-order valence-corrected chi connectivity index (χ2v) is 6.98. The van der Waals surface area contributed by atoms with Crippen molar-refractivity contribution >= 4 is 17.9 Å². The van der Waals surface area contributed by atoms with Crippen LogP contribution in [0.3, 0.4) is 0 Å². The number of aliphatic imine (C=N–C) groups is 1. The summed E-state index contributed by atoms with van der Waals surface area (Å²) >= 11 is 0. The lowest BCUT2D eigenvalue weighted by Gasteiger charge is -2.24. The smallest absolute Gasteiger partial charge is 0.412 e. The second-order valence-electron chi connectivity index (χ2n) is 6.98. The van der Waals surface area contributed by atoms with Crippen molar-refractivity contribution in [3.05, 3.63) is 23.8 Å². The number of carbonyl (C=O) groups is 1. The second kappa shape index (κ2) is 7.05. The fraction of sp³-hybridized carbons (Fsp3) is 0.556. The zero-order valence-corrected chi connectivity index (χ0v) is 14.6. The first kappa shape index (κ1) is 18.0. The molecule has 1 aliphatic rings. The molecule has 1 fully saturated rings. The van der Waals surface area contributed by atoms with Crippen LogP contribution < -0.4 is 10.1 Å². The first-order chi connectivity index (χ1) is 11.3. The maximum atomic E-state index is 11.9. The highest BCUT2D eigenvalue weighted by Crippen LogP contribution is 2.44. The number of hydrogen-bond donors (Lipinski definition) is 1. The number of carbonyl (C=O) groups excluding carboxylic acids is 2. The van der Waals surface area contributed by atoms with Crippen molar-refractivity contribution in [2.45, 2.75) is 57.6 Å². The number of benzene rings is 1. The van der Waals surface area contributed by atoms with Crippen LogP contribution in [0.4, 0.5) is 10.5 Å². The predicted octanol–water partition coefficient (Wildman–Crippen LogP) is 4.15. The lowest BCUT2D eigenvalue weighted by atomic mass is 9.88. The molecule has 6 nitrogen and oxygen atoms in total. The number of anilines is 1. The molecule has 1 aliphatic carbocycles. The third kappa shape index (κ3) is 4.15. The van der Waals surface area contributed by atoms with Crippen LogP contribution in [-0.4, -0.2) is 24.9 Å². The van der Waals surface area contributed by atoms with Crippen molar-refractivity contribution in [1.29, 1.82) is 0 Å². The standard InChI is InChI=1S/C18H24N2O4/c1-17(2,3)24-16(22)20-14-8-7-13(11-15(14)23-4)18(19-12-21)9-5-6-10-18/h7-8,11H,5-6,9-10H2,1-4H3,(H,20,22). The molecule has 130 valence electrons. The SMILES string of the molecule is COc1cc(C2(N=C=O)CCCC2)ccc1NC(=O)OC(C)(C)C. The third-order valence-electron chi connectivity index (χ3n) is 4.06. The van der Waals surface area contributed by atoms with Gasteiger partial charge in [-0.2, -0.15) is 4.99 Å². The first-order valence-electron chi connectivity index (χ1n) is 8.07. The largest absolute Gasteiger partial charge is 0.495 e. The van der Waals surface area contributed by atoms with Gasteiger partial charge in [-0.1, -0.05) is 18.9 Å². The van der Waals surface area contributed by atoms with Gasteiger partial charge in [0.2, 0.25) is 6.08 Å². The average Bonchev–Trinajstić information content (AvgIpc) is 2.95. The molecule has 1 saturated carbocycles. The van der Waals surface area contributed by atoms with E-state index in [4.69, 9.17) is 9.47 Å². The summed E-state index contributed by atoms with van der Waals surface area (Å²) in [5, 5.41) is 2.69. The lowest BCUT2D eigenvalue weighted by Crippen LogP contribution is -2.27. The molecule has 24 heavy (non-hydrogen) atoms. The monoisotopic (exact) mass is 332 g/mol. The Bertz CT molecular complexity index is 651. The van der Waals surface area contributed by atoms with Crippen molar-refractivity contribution in [2.75, 3.05) is 12.4 Å². The Balaban J connectivity index is 2.27. The number of nitrogens with one attached hydrogen (secondary N) is 1. The Morgan fingerprint density at radius 2 is 1.96 bits per heavy atom. The van der Waals surface area contributed by atoms with Crippen LogP contribution in [0.15, 0.2) is 23.2 Å². The normalized spacial score (nSPS) is 16.2. The van der Waals surface area contributed by atoms with Gasteiger partial charge in [0.05, 0.1) is 18.3 Å². The van der Waals surface area contributed by atoms with Crippen LogP contribution in [0.25, 0.3) is 0 Å². The van der Waals surface area contributed by atoms with Crippen LogP contribution in [0.2, 0.25) is 0 Å². The summed E-state index contributed by atoms with van der Waals surface area (Å²) in [6.45, 7) is 5.40. The van der Waals surface area contributed by atoms with E-state index < -0.39 is 17.2 Å². The molecule has 1 N–H and O–H groups in total. The summed E-state index contributed by atoms with van der Waals surface area (Å²) in [7, 11) is 1.53. The van der Waals surface area contributed by atoms with E-state index in [2.05, 4.69) is 10.3 Å². The molecular weight excluding hydrogens is 308 g/mol. The molecule has 0 aliphatic heterocycles. The van der Waals surface area contributed by atoms with E-state index in [1.807, 2.05) is 12.1 Å². The van der Waals surface area contributed by atoms with E-state index in [9.17, 15) is 9.59 Å². The van der Waals surface area contributed by atoms with E-state index in [-0.39, 0.29) is 0 Å². The predicted molar refractivity (Wildman–Crippen MR) is 91.1 cm³/mol. The molecule has 6 heteroatoms. The molecule has 0 bridgehead atoms. The van der Waals surface area contributed by atoms with Crippen molar-refractivity contribution in [1.82, 2.24) is 0 Å². The summed E-state index contributed by atoms with van der Waals surface area (Å²) in [6, 6.07) is 5.43. The van der Waals surface area contributed by atoms with Gasteiger partial charge in [0.25, 0.3) is 0 Å². The number of isocyanates is 1. The topological polar surface area (TPSA) is 77.0 Å². The van der Waals surface area contributed by atoms with Gasteiger partial charge in [0, 0.05) is 0 Å². The van der Waals surface area contributed by atoms with Crippen molar-refractivity contribution in [2.24, 2.45) is 4.99 Å². The highest BCUT2D eigenvalue weighted by molar-refractivity contribution is 5.87. The zero-order chi connectivity index (χ0) is 17.8. The van der Waals surface area contributed by atoms with Gasteiger partial charge in [-0.15, -0.1) is 0 Å². The van der Waals surface area contributed by atoms with Crippen molar-refractivity contribution < 1.29 is 19.1 Å². The van der Waals surface area contributed by atoms with E-state index in [0.717, 1.165) is 31.2 Å². The number of nitrogens with zero attached hydrogens (tertiary/aromatic N) is 1. The Morgan fingerprint density at radius 3 is 2.50 bits per heavy atom. The van der Waals surface area contributed by atoms with Crippen molar-refractivity contribution in [3.63, 3.8) is 0 Å². The minimum absolute atomic E-state index is 0.505. The van der Waals surface area contributed by atoms with E-state index in [1.165, 1.54) is 7.11 Å². The zero-order valence-electron chi connectivity index (χ0n) is 14.6. The number of ether oxygens (including phenoxy) is 2. The maximum absolute atomic E-state index is 11.9. The third-order valence-corrected chi connectivity index (χ3v) is 4.06. The first-order valence-corrected chi connectivity index (χ1v) is 8.07. The van der Waals surface area contributed by atoms with Crippen LogP contribution >= 0.6 is 0 Å². The fourth-order valence-electron chi connectivity index (χ4n) is 3.01.